The van der Waals surface area contributed by atoms with Gasteiger partial charge < -0.3 is 0 Å². The van der Waals surface area contributed by atoms with E-state index in [1.54, 1.807) is 0 Å². The highest BCUT2D eigenvalue weighted by atomic mass is 127. The molecule has 0 amide bonds. The van der Waals surface area contributed by atoms with Crippen molar-refractivity contribution in [2.24, 2.45) is 0 Å². The van der Waals surface area contributed by atoms with Crippen LogP contribution in [0.15, 0.2) is 0 Å². The van der Waals surface area contributed by atoms with Crippen molar-refractivity contribution >= 4 is 52.2 Å². The lowest BCUT2D eigenvalue weighted by Gasteiger charge is -2.04. The topological polar surface area (TPSA) is 0 Å². The van der Waals surface area contributed by atoms with Gasteiger partial charge in [0.15, 0.2) is 0 Å². The third-order valence-corrected chi connectivity index (χ3v) is 7.47. The van der Waals surface area contributed by atoms with Crippen LogP contribution in [0.4, 0.5) is 0 Å². The summed E-state index contributed by atoms with van der Waals surface area (Å²) in [7, 11) is -1.32. The molecule has 0 atom stereocenters. The van der Waals surface area contributed by atoms with E-state index in [1.165, 1.54) is 114 Å². The average Bonchev–Trinajstić information content (AvgIpc) is 2.53. The van der Waals surface area contributed by atoms with Crippen molar-refractivity contribution in [3.8, 4) is 0 Å². The summed E-state index contributed by atoms with van der Waals surface area (Å²) in [6.45, 7) is 0. The molecule has 23 heavy (non-hydrogen) atoms. The average molecular weight is 493 g/mol. The largest absolute Gasteiger partial charge is 0.237 e. The van der Waals surface area contributed by atoms with Gasteiger partial charge in [-0.3, -0.25) is 0 Å². The summed E-state index contributed by atoms with van der Waals surface area (Å²) < 4.78 is 1.33. The highest BCUT2D eigenvalue weighted by Gasteiger charge is 2.00. The van der Waals surface area contributed by atoms with Crippen molar-refractivity contribution in [3.05, 3.63) is 0 Å². The molecule has 0 aliphatic carbocycles. The minimum absolute atomic E-state index is 1.10. The normalized spacial score (nSPS) is 11.5. The maximum atomic E-state index is 5.86. The number of alkyl halides is 1. The molecule has 0 aliphatic heterocycles. The lowest BCUT2D eigenvalue weighted by Crippen LogP contribution is -1.91. The van der Waals surface area contributed by atoms with Gasteiger partial charge >= 0.3 is 0 Å². The van der Waals surface area contributed by atoms with Crippen LogP contribution in [0.25, 0.3) is 0 Å². The molecule has 0 spiro atoms. The summed E-state index contributed by atoms with van der Waals surface area (Å²) in [5, 5.41) is 0. The molecule has 0 saturated heterocycles. The number of unbranched alkanes of at least 4 members (excludes halogenated alkanes) is 16. The Morgan fingerprint density at radius 2 is 0.696 bits per heavy atom. The van der Waals surface area contributed by atoms with Gasteiger partial charge in [0.1, 0.15) is 0 Å². The minimum atomic E-state index is -1.32. The number of rotatable bonds is 19. The van der Waals surface area contributed by atoms with Crippen LogP contribution in [0.3, 0.4) is 0 Å². The van der Waals surface area contributed by atoms with Gasteiger partial charge in [-0.25, -0.2) is 0 Å². The molecule has 0 N–H and O–H groups in total. The van der Waals surface area contributed by atoms with Crippen LogP contribution in [0.5, 0.6) is 0 Å². The lowest BCUT2D eigenvalue weighted by molar-refractivity contribution is 0.529. The predicted octanol–water partition coefficient (Wildman–Crippen LogP) is 8.75. The number of hydrogen-bond acceptors (Lipinski definition) is 0. The van der Waals surface area contributed by atoms with Gasteiger partial charge in [0.25, 0.3) is 0 Å². The zero-order valence-corrected chi connectivity index (χ0v) is 20.0. The summed E-state index contributed by atoms with van der Waals surface area (Å²) in [5.74, 6) is 0. The van der Waals surface area contributed by atoms with Crippen LogP contribution in [-0.4, -0.2) is 11.8 Å². The van der Waals surface area contributed by atoms with E-state index in [1.807, 2.05) is 0 Å². The van der Waals surface area contributed by atoms with Gasteiger partial charge in [-0.05, 0) is 16.9 Å². The van der Waals surface area contributed by atoms with Crippen molar-refractivity contribution < 1.29 is 0 Å². The summed E-state index contributed by atoms with van der Waals surface area (Å²) in [5.41, 5.74) is 0. The molecule has 140 valence electrons. The molecule has 0 rings (SSSR count). The van der Waals surface area contributed by atoms with E-state index in [0.717, 1.165) is 6.04 Å². The Hall–Kier alpha value is 1.53. The Morgan fingerprint density at radius 3 is 0.957 bits per heavy atom. The molecular formula is C19H39Cl2ISi. The Morgan fingerprint density at radius 1 is 0.435 bits per heavy atom. The zero-order chi connectivity index (χ0) is 17.0. The molecular weight excluding hydrogens is 454 g/mol. The molecule has 0 fully saturated rings. The van der Waals surface area contributed by atoms with Crippen LogP contribution < -0.4 is 0 Å². The fourth-order valence-electron chi connectivity index (χ4n) is 3.04. The van der Waals surface area contributed by atoms with Crippen LogP contribution in [-0.2, 0) is 0 Å². The maximum Gasteiger partial charge on any atom is 0.237 e. The van der Waals surface area contributed by atoms with Crippen LogP contribution >= 0.6 is 44.7 Å². The van der Waals surface area contributed by atoms with E-state index in [9.17, 15) is 0 Å². The van der Waals surface area contributed by atoms with E-state index in [0.29, 0.717) is 0 Å². The monoisotopic (exact) mass is 492 g/mol. The molecule has 0 bridgehead atoms. The van der Waals surface area contributed by atoms with Crippen molar-refractivity contribution in [2.45, 2.75) is 115 Å². The molecule has 0 radical (unpaired) electrons. The van der Waals surface area contributed by atoms with E-state index in [2.05, 4.69) is 22.6 Å². The zero-order valence-electron chi connectivity index (χ0n) is 15.1. The molecule has 0 aromatic heterocycles. The van der Waals surface area contributed by atoms with Gasteiger partial charge in [0.05, 0.1) is 0 Å². The SMILES string of the molecule is Cl[SiH](Cl)CCCCCCCCCCCCCCCCCCCI. The minimum Gasteiger partial charge on any atom is -0.150 e. The second-order valence-electron chi connectivity index (χ2n) is 6.88. The highest BCUT2D eigenvalue weighted by molar-refractivity contribution is 14.1. The molecule has 0 heterocycles. The molecule has 0 aromatic rings. The molecule has 0 nitrogen and oxygen atoms in total. The fraction of sp³-hybridized carbons (Fsp3) is 1.00. The van der Waals surface area contributed by atoms with Gasteiger partial charge in [-0.2, -0.15) is 22.2 Å². The first-order valence-corrected chi connectivity index (χ1v) is 15.9. The molecule has 4 heteroatoms. The third-order valence-electron chi connectivity index (χ3n) is 4.56. The fourth-order valence-corrected chi connectivity index (χ4v) is 5.11. The van der Waals surface area contributed by atoms with Crippen molar-refractivity contribution in [1.82, 2.24) is 0 Å². The van der Waals surface area contributed by atoms with E-state index in [4.69, 9.17) is 22.2 Å². The van der Waals surface area contributed by atoms with Crippen molar-refractivity contribution in [2.75, 3.05) is 4.43 Å². The maximum absolute atomic E-state index is 5.86. The van der Waals surface area contributed by atoms with Gasteiger partial charge in [-0.15, -0.1) is 0 Å². The quantitative estimate of drug-likeness (QED) is 0.0555. The second kappa shape index (κ2) is 21.6. The Kier molecular flexibility index (Phi) is 23.0. The Labute approximate surface area is 171 Å². The summed E-state index contributed by atoms with van der Waals surface area (Å²) in [4.78, 5) is 0. The first-order chi connectivity index (χ1) is 11.3. The van der Waals surface area contributed by atoms with Crippen LogP contribution in [0.2, 0.25) is 6.04 Å². The number of halogens is 3. The van der Waals surface area contributed by atoms with Gasteiger partial charge in [0, 0.05) is 0 Å². The molecule has 0 aromatic carbocycles. The number of hydrogen-bond donors (Lipinski definition) is 0. The summed E-state index contributed by atoms with van der Waals surface area (Å²) >= 11 is 14.2. The van der Waals surface area contributed by atoms with Crippen molar-refractivity contribution in [3.63, 3.8) is 0 Å². The molecule has 0 saturated carbocycles. The molecule has 0 unspecified atom stereocenters. The molecule has 0 aliphatic rings. The van der Waals surface area contributed by atoms with Crippen LogP contribution in [0.1, 0.15) is 109 Å². The summed E-state index contributed by atoms with van der Waals surface area (Å²) in [6.07, 6.45) is 24.3. The van der Waals surface area contributed by atoms with Crippen molar-refractivity contribution in [1.29, 1.82) is 0 Å². The summed E-state index contributed by atoms with van der Waals surface area (Å²) in [6, 6.07) is 1.10. The first-order valence-electron chi connectivity index (χ1n) is 10.1. The predicted molar refractivity (Wildman–Crippen MR) is 121 cm³/mol. The standard InChI is InChI=1S/C19H39Cl2ISi/c20-23(21)19-17-15-13-11-9-7-5-3-1-2-4-6-8-10-12-14-16-18-22/h23H,1-19H2. The van der Waals surface area contributed by atoms with Gasteiger partial charge in [-0.1, -0.05) is 125 Å². The van der Waals surface area contributed by atoms with Crippen LogP contribution in [0, 0.1) is 0 Å². The Bertz CT molecular complexity index is 216. The lowest BCUT2D eigenvalue weighted by atomic mass is 10.0. The van der Waals surface area contributed by atoms with Gasteiger partial charge in [0.2, 0.25) is 7.42 Å². The Balaban J connectivity index is 2.95. The smallest absolute Gasteiger partial charge is 0.150 e. The third kappa shape index (κ3) is 23.5. The van der Waals surface area contributed by atoms with E-state index in [-0.39, 0.29) is 0 Å². The van der Waals surface area contributed by atoms with E-state index < -0.39 is 7.42 Å². The first kappa shape index (κ1) is 24.5. The second-order valence-corrected chi connectivity index (χ2v) is 13.1. The highest BCUT2D eigenvalue weighted by Crippen LogP contribution is 2.15. The van der Waals surface area contributed by atoms with E-state index >= 15 is 0 Å².